The van der Waals surface area contributed by atoms with E-state index in [9.17, 15) is 8.42 Å². The van der Waals surface area contributed by atoms with Crippen molar-refractivity contribution in [3.05, 3.63) is 0 Å². The van der Waals surface area contributed by atoms with Gasteiger partial charge in [-0.3, -0.25) is 0 Å². The minimum absolute atomic E-state index is 0.0311. The lowest BCUT2D eigenvalue weighted by atomic mass is 9.49. The summed E-state index contributed by atoms with van der Waals surface area (Å²) in [5.41, 5.74) is 5.79. The van der Waals surface area contributed by atoms with Gasteiger partial charge in [-0.15, -0.1) is 0 Å². The molecule has 2 rings (SSSR count). The number of nitrogens with two attached hydrogens (primary N) is 1. The van der Waals surface area contributed by atoms with Crippen LogP contribution in [0.4, 0.5) is 0 Å². The normalized spacial score (nSPS) is 35.4. The van der Waals surface area contributed by atoms with Crippen LogP contribution in [0.15, 0.2) is 0 Å². The Balaban J connectivity index is 2.07. The molecule has 2 aliphatic rings. The van der Waals surface area contributed by atoms with Crippen molar-refractivity contribution in [2.45, 2.75) is 52.6 Å². The van der Waals surface area contributed by atoms with Crippen LogP contribution in [-0.4, -0.2) is 26.3 Å². The van der Waals surface area contributed by atoms with Crippen LogP contribution >= 0.6 is 0 Å². The van der Waals surface area contributed by atoms with Crippen molar-refractivity contribution >= 4 is 10.0 Å². The van der Waals surface area contributed by atoms with Crippen LogP contribution in [0.3, 0.4) is 0 Å². The minimum atomic E-state index is -3.15. The van der Waals surface area contributed by atoms with Crippen molar-refractivity contribution < 1.29 is 8.42 Å². The van der Waals surface area contributed by atoms with Gasteiger partial charge in [0.2, 0.25) is 10.0 Å². The molecular weight excluding hydrogens is 236 g/mol. The molecule has 0 saturated heterocycles. The molecule has 0 aromatic rings. The first kappa shape index (κ1) is 13.3. The van der Waals surface area contributed by atoms with E-state index in [0.717, 1.165) is 12.8 Å². The van der Waals surface area contributed by atoms with E-state index in [0.29, 0.717) is 5.92 Å². The van der Waals surface area contributed by atoms with Gasteiger partial charge in [0.25, 0.3) is 0 Å². The average molecular weight is 260 g/mol. The van der Waals surface area contributed by atoms with E-state index in [1.54, 1.807) is 0 Å². The van der Waals surface area contributed by atoms with Crippen molar-refractivity contribution in [1.29, 1.82) is 0 Å². The zero-order valence-corrected chi connectivity index (χ0v) is 12.0. The Morgan fingerprint density at radius 2 is 1.65 bits per heavy atom. The van der Waals surface area contributed by atoms with Gasteiger partial charge in [0.05, 0.1) is 5.75 Å². The van der Waals surface area contributed by atoms with Crippen LogP contribution < -0.4 is 10.5 Å². The molecule has 0 radical (unpaired) electrons. The Labute approximate surface area is 104 Å². The highest BCUT2D eigenvalue weighted by Crippen LogP contribution is 2.52. The number of hydrogen-bond acceptors (Lipinski definition) is 3. The highest BCUT2D eigenvalue weighted by Gasteiger charge is 2.61. The topological polar surface area (TPSA) is 72.2 Å². The standard InChI is InChI=1S/C12H24N2O2S/c1-11(2)9(13)12(3,4)10(11)14-17(15,16)7-8-5-6-8/h8-10,14H,5-7,13H2,1-4H3. The van der Waals surface area contributed by atoms with Crippen LogP contribution in [0.2, 0.25) is 0 Å². The van der Waals surface area contributed by atoms with E-state index in [1.165, 1.54) is 0 Å². The van der Waals surface area contributed by atoms with Crippen LogP contribution in [0.25, 0.3) is 0 Å². The monoisotopic (exact) mass is 260 g/mol. The Kier molecular flexibility index (Phi) is 2.88. The largest absolute Gasteiger partial charge is 0.327 e. The molecular formula is C12H24N2O2S. The molecule has 0 aliphatic heterocycles. The van der Waals surface area contributed by atoms with E-state index in [2.05, 4.69) is 4.72 Å². The lowest BCUT2D eigenvalue weighted by molar-refractivity contribution is -0.0593. The van der Waals surface area contributed by atoms with Crippen molar-refractivity contribution in [1.82, 2.24) is 4.72 Å². The lowest BCUT2D eigenvalue weighted by Crippen LogP contribution is -2.76. The molecule has 0 aromatic heterocycles. The van der Waals surface area contributed by atoms with Gasteiger partial charge < -0.3 is 5.73 Å². The van der Waals surface area contributed by atoms with Crippen molar-refractivity contribution in [2.24, 2.45) is 22.5 Å². The Hall–Kier alpha value is -0.130. The molecule has 0 aromatic carbocycles. The molecule has 0 amide bonds. The van der Waals surface area contributed by atoms with Crippen molar-refractivity contribution in [3.63, 3.8) is 0 Å². The molecule has 0 spiro atoms. The fourth-order valence-electron chi connectivity index (χ4n) is 3.31. The first-order valence-electron chi connectivity index (χ1n) is 6.33. The number of sulfonamides is 1. The van der Waals surface area contributed by atoms with E-state index in [-0.39, 0.29) is 28.7 Å². The summed E-state index contributed by atoms with van der Waals surface area (Å²) in [4.78, 5) is 0. The maximum atomic E-state index is 12.0. The van der Waals surface area contributed by atoms with E-state index >= 15 is 0 Å². The van der Waals surface area contributed by atoms with Crippen LogP contribution in [0.1, 0.15) is 40.5 Å². The van der Waals surface area contributed by atoms with Gasteiger partial charge in [-0.05, 0) is 29.6 Å². The summed E-state index contributed by atoms with van der Waals surface area (Å²) in [7, 11) is -3.15. The molecule has 0 unspecified atom stereocenters. The molecule has 3 N–H and O–H groups in total. The molecule has 0 atom stereocenters. The van der Waals surface area contributed by atoms with Crippen molar-refractivity contribution in [2.75, 3.05) is 5.75 Å². The van der Waals surface area contributed by atoms with Crippen LogP contribution in [0, 0.1) is 16.7 Å². The fraction of sp³-hybridized carbons (Fsp3) is 1.00. The van der Waals surface area contributed by atoms with Gasteiger partial charge in [0, 0.05) is 12.1 Å². The summed E-state index contributed by atoms with van der Waals surface area (Å²) in [6, 6.07) is -0.0302. The number of nitrogens with one attached hydrogen (secondary N) is 1. The quantitative estimate of drug-likeness (QED) is 0.794. The Morgan fingerprint density at radius 1 is 1.18 bits per heavy atom. The maximum Gasteiger partial charge on any atom is 0.212 e. The number of rotatable bonds is 4. The summed E-state index contributed by atoms with van der Waals surface area (Å²) < 4.78 is 26.9. The van der Waals surface area contributed by atoms with E-state index < -0.39 is 10.0 Å². The van der Waals surface area contributed by atoms with Gasteiger partial charge in [0.1, 0.15) is 0 Å². The second-order valence-corrected chi connectivity index (χ2v) is 8.69. The first-order chi connectivity index (χ1) is 7.57. The van der Waals surface area contributed by atoms with Gasteiger partial charge in [-0.2, -0.15) is 0 Å². The highest BCUT2D eigenvalue weighted by atomic mass is 32.2. The second kappa shape index (κ2) is 3.68. The van der Waals surface area contributed by atoms with Crippen molar-refractivity contribution in [3.8, 4) is 0 Å². The maximum absolute atomic E-state index is 12.0. The fourth-order valence-corrected chi connectivity index (χ4v) is 5.32. The minimum Gasteiger partial charge on any atom is -0.327 e. The first-order valence-corrected chi connectivity index (χ1v) is 7.98. The third-order valence-electron chi connectivity index (χ3n) is 4.54. The highest BCUT2D eigenvalue weighted by molar-refractivity contribution is 7.89. The molecule has 4 nitrogen and oxygen atoms in total. The smallest absolute Gasteiger partial charge is 0.212 e. The molecule has 2 saturated carbocycles. The second-order valence-electron chi connectivity index (χ2n) is 6.90. The third kappa shape index (κ3) is 2.25. The van der Waals surface area contributed by atoms with Gasteiger partial charge >= 0.3 is 0 Å². The SMILES string of the molecule is CC1(C)C(N)C(C)(C)C1NS(=O)(=O)CC1CC1. The van der Waals surface area contributed by atoms with Gasteiger partial charge in [-0.1, -0.05) is 27.7 Å². The van der Waals surface area contributed by atoms with Crippen LogP contribution in [-0.2, 0) is 10.0 Å². The summed E-state index contributed by atoms with van der Waals surface area (Å²) >= 11 is 0. The number of hydrogen-bond donors (Lipinski definition) is 2. The molecule has 0 bridgehead atoms. The zero-order chi connectivity index (χ0) is 13.1. The molecule has 100 valence electrons. The van der Waals surface area contributed by atoms with Gasteiger partial charge in [0.15, 0.2) is 0 Å². The molecule has 0 heterocycles. The van der Waals surface area contributed by atoms with Crippen LogP contribution in [0.5, 0.6) is 0 Å². The molecule has 5 heteroatoms. The average Bonchev–Trinajstić information content (AvgIpc) is 2.96. The summed E-state index contributed by atoms with van der Waals surface area (Å²) in [5.74, 6) is 0.665. The van der Waals surface area contributed by atoms with E-state index in [1.807, 2.05) is 27.7 Å². The predicted molar refractivity (Wildman–Crippen MR) is 69.0 cm³/mol. The van der Waals surface area contributed by atoms with Gasteiger partial charge in [-0.25, -0.2) is 13.1 Å². The molecule has 2 fully saturated rings. The van der Waals surface area contributed by atoms with E-state index in [4.69, 9.17) is 5.73 Å². The lowest BCUT2D eigenvalue weighted by Gasteiger charge is -2.62. The predicted octanol–water partition coefficient (Wildman–Crippen LogP) is 1.08. The molecule has 2 aliphatic carbocycles. The molecule has 17 heavy (non-hydrogen) atoms. The third-order valence-corrected chi connectivity index (χ3v) is 6.05. The summed E-state index contributed by atoms with van der Waals surface area (Å²) in [5, 5.41) is 0. The summed E-state index contributed by atoms with van der Waals surface area (Å²) in [6.45, 7) is 8.14. The Bertz CT molecular complexity index is 394. The summed E-state index contributed by atoms with van der Waals surface area (Å²) in [6.07, 6.45) is 2.11. The Morgan fingerprint density at radius 3 is 2.06 bits per heavy atom. The zero-order valence-electron chi connectivity index (χ0n) is 11.2.